The number of unbranched alkanes of at least 4 members (excludes halogenated alkanes) is 1. The first kappa shape index (κ1) is 18.1. The second kappa shape index (κ2) is 10.00. The van der Waals surface area contributed by atoms with E-state index >= 15 is 0 Å². The van der Waals surface area contributed by atoms with Gasteiger partial charge in [0.1, 0.15) is 6.29 Å². The van der Waals surface area contributed by atoms with Gasteiger partial charge in [0.05, 0.1) is 7.11 Å². The normalized spacial score (nSPS) is 13.1. The van der Waals surface area contributed by atoms with E-state index < -0.39 is 0 Å². The number of alkyl carbamates (subject to hydrolysis) is 1. The lowest BCUT2D eigenvalue weighted by Crippen LogP contribution is -2.49. The Morgan fingerprint density at radius 2 is 1.89 bits per heavy atom. The monoisotopic (exact) mass is 274 g/mol. The molecule has 0 aromatic carbocycles. The second-order valence-electron chi connectivity index (χ2n) is 5.34. The van der Waals surface area contributed by atoms with Crippen LogP contribution >= 0.6 is 0 Å². The molecule has 0 fully saturated rings. The molecule has 1 unspecified atom stereocenters. The highest BCUT2D eigenvalue weighted by molar-refractivity contribution is 5.67. The zero-order valence-electron chi connectivity index (χ0n) is 12.7. The van der Waals surface area contributed by atoms with Gasteiger partial charge in [-0.05, 0) is 52.6 Å². The van der Waals surface area contributed by atoms with Gasteiger partial charge in [-0.25, -0.2) is 4.79 Å². The molecule has 19 heavy (non-hydrogen) atoms. The van der Waals surface area contributed by atoms with Gasteiger partial charge in [-0.2, -0.15) is 0 Å². The standard InChI is InChI=1S/C13H30N4O2/c1-5-9-15-11(14)16-10-7-6-8-13(2,3)17-12(18)19-4/h11,15-16H,5-10,14H2,1-4H3,(H,17,18). The largest absolute Gasteiger partial charge is 0.453 e. The number of rotatable bonds is 10. The van der Waals surface area contributed by atoms with E-state index in [9.17, 15) is 4.79 Å². The van der Waals surface area contributed by atoms with Crippen molar-refractivity contribution in [3.05, 3.63) is 0 Å². The average Bonchev–Trinajstić information content (AvgIpc) is 2.35. The molecule has 6 nitrogen and oxygen atoms in total. The number of ether oxygens (including phenoxy) is 1. The molecular weight excluding hydrogens is 244 g/mol. The lowest BCUT2D eigenvalue weighted by atomic mass is 9.97. The Bertz CT molecular complexity index is 247. The van der Waals surface area contributed by atoms with Gasteiger partial charge in [-0.3, -0.25) is 10.6 Å². The Kier molecular flexibility index (Phi) is 9.55. The predicted octanol–water partition coefficient (Wildman–Crippen LogP) is 1.12. The van der Waals surface area contributed by atoms with Crippen molar-refractivity contribution in [1.29, 1.82) is 0 Å². The van der Waals surface area contributed by atoms with E-state index in [1.807, 2.05) is 13.8 Å². The van der Waals surface area contributed by atoms with Gasteiger partial charge in [0, 0.05) is 5.54 Å². The molecular formula is C13H30N4O2. The molecule has 0 radical (unpaired) electrons. The number of methoxy groups -OCH3 is 1. The summed E-state index contributed by atoms with van der Waals surface area (Å²) >= 11 is 0. The quantitative estimate of drug-likeness (QED) is 0.354. The predicted molar refractivity (Wildman–Crippen MR) is 77.7 cm³/mol. The van der Waals surface area contributed by atoms with Gasteiger partial charge >= 0.3 is 6.09 Å². The van der Waals surface area contributed by atoms with E-state index in [1.165, 1.54) is 7.11 Å². The zero-order chi connectivity index (χ0) is 14.7. The Hall–Kier alpha value is -0.850. The van der Waals surface area contributed by atoms with Crippen LogP contribution in [0.1, 0.15) is 46.5 Å². The molecule has 0 saturated carbocycles. The first-order chi connectivity index (χ1) is 8.91. The number of hydrogen-bond acceptors (Lipinski definition) is 5. The summed E-state index contributed by atoms with van der Waals surface area (Å²) in [6.45, 7) is 7.88. The Balaban J connectivity index is 3.59. The van der Waals surface area contributed by atoms with Crippen LogP contribution in [0.2, 0.25) is 0 Å². The lowest BCUT2D eigenvalue weighted by molar-refractivity contribution is 0.157. The number of hydrogen-bond donors (Lipinski definition) is 4. The summed E-state index contributed by atoms with van der Waals surface area (Å²) in [4.78, 5) is 11.1. The summed E-state index contributed by atoms with van der Waals surface area (Å²) in [7, 11) is 1.38. The second-order valence-corrected chi connectivity index (χ2v) is 5.34. The van der Waals surface area contributed by atoms with Crippen molar-refractivity contribution >= 4 is 6.09 Å². The third-order valence-electron chi connectivity index (χ3n) is 2.83. The van der Waals surface area contributed by atoms with Crippen molar-refractivity contribution in [3.8, 4) is 0 Å². The average molecular weight is 274 g/mol. The topological polar surface area (TPSA) is 88.4 Å². The van der Waals surface area contributed by atoms with Crippen LogP contribution in [0.25, 0.3) is 0 Å². The Morgan fingerprint density at radius 1 is 1.26 bits per heavy atom. The van der Waals surface area contributed by atoms with Gasteiger partial charge < -0.3 is 15.8 Å². The van der Waals surface area contributed by atoms with Crippen molar-refractivity contribution < 1.29 is 9.53 Å². The molecule has 0 aliphatic rings. The van der Waals surface area contributed by atoms with Crippen LogP contribution in [0, 0.1) is 0 Å². The summed E-state index contributed by atoms with van der Waals surface area (Å²) in [5.74, 6) is 0. The van der Waals surface area contributed by atoms with E-state index in [1.54, 1.807) is 0 Å². The number of carbonyl (C=O) groups excluding carboxylic acids is 1. The minimum absolute atomic E-state index is 0.138. The van der Waals surface area contributed by atoms with Crippen LogP contribution in [0.5, 0.6) is 0 Å². The fraction of sp³-hybridized carbons (Fsp3) is 0.923. The van der Waals surface area contributed by atoms with E-state index in [0.717, 1.165) is 38.8 Å². The summed E-state index contributed by atoms with van der Waals surface area (Å²) in [5, 5.41) is 9.19. The van der Waals surface area contributed by atoms with Crippen LogP contribution in [-0.2, 0) is 4.74 Å². The molecule has 1 amide bonds. The molecule has 0 aliphatic carbocycles. The van der Waals surface area contributed by atoms with Crippen LogP contribution in [0.4, 0.5) is 4.79 Å². The molecule has 0 heterocycles. The zero-order valence-corrected chi connectivity index (χ0v) is 12.7. The molecule has 0 bridgehead atoms. The third kappa shape index (κ3) is 10.7. The lowest BCUT2D eigenvalue weighted by Gasteiger charge is -2.25. The van der Waals surface area contributed by atoms with Gasteiger partial charge in [0.15, 0.2) is 0 Å². The molecule has 114 valence electrons. The van der Waals surface area contributed by atoms with E-state index in [-0.39, 0.29) is 17.9 Å². The fourth-order valence-electron chi connectivity index (χ4n) is 1.71. The smallest absolute Gasteiger partial charge is 0.407 e. The van der Waals surface area contributed by atoms with E-state index in [4.69, 9.17) is 5.73 Å². The van der Waals surface area contributed by atoms with Gasteiger partial charge in [0.2, 0.25) is 0 Å². The molecule has 6 heteroatoms. The fourth-order valence-corrected chi connectivity index (χ4v) is 1.71. The molecule has 0 spiro atoms. The summed E-state index contributed by atoms with van der Waals surface area (Å²) < 4.78 is 4.60. The number of amides is 1. The molecule has 0 aliphatic heterocycles. The molecule has 0 aromatic heterocycles. The number of nitrogens with two attached hydrogens (primary N) is 1. The van der Waals surface area contributed by atoms with Crippen LogP contribution in [0.3, 0.4) is 0 Å². The SMILES string of the molecule is CCCNC(N)NCCCCC(C)(C)NC(=O)OC. The van der Waals surface area contributed by atoms with Crippen LogP contribution in [-0.4, -0.2) is 38.1 Å². The van der Waals surface area contributed by atoms with Crippen molar-refractivity contribution in [3.63, 3.8) is 0 Å². The third-order valence-corrected chi connectivity index (χ3v) is 2.83. The minimum Gasteiger partial charge on any atom is -0.453 e. The van der Waals surface area contributed by atoms with Crippen molar-refractivity contribution in [2.75, 3.05) is 20.2 Å². The summed E-state index contributed by atoms with van der Waals surface area (Å²) in [6, 6.07) is 0. The van der Waals surface area contributed by atoms with Crippen molar-refractivity contribution in [2.45, 2.75) is 58.3 Å². The highest BCUT2D eigenvalue weighted by atomic mass is 16.5. The van der Waals surface area contributed by atoms with E-state index in [0.29, 0.717) is 0 Å². The Morgan fingerprint density at radius 3 is 2.47 bits per heavy atom. The van der Waals surface area contributed by atoms with E-state index in [2.05, 4.69) is 27.6 Å². The molecule has 0 rings (SSSR count). The van der Waals surface area contributed by atoms with Crippen molar-refractivity contribution in [1.82, 2.24) is 16.0 Å². The highest BCUT2D eigenvalue weighted by Gasteiger charge is 2.19. The minimum atomic E-state index is -0.381. The van der Waals surface area contributed by atoms with Crippen LogP contribution < -0.4 is 21.7 Å². The number of nitrogens with one attached hydrogen (secondary N) is 3. The number of carbonyl (C=O) groups is 1. The maximum Gasteiger partial charge on any atom is 0.407 e. The maximum atomic E-state index is 11.1. The summed E-state index contributed by atoms with van der Waals surface area (Å²) in [6.07, 6.45) is 3.50. The maximum absolute atomic E-state index is 11.1. The van der Waals surface area contributed by atoms with Crippen LogP contribution in [0.15, 0.2) is 0 Å². The first-order valence-electron chi connectivity index (χ1n) is 6.99. The molecule has 1 atom stereocenters. The molecule has 5 N–H and O–H groups in total. The first-order valence-corrected chi connectivity index (χ1v) is 6.99. The van der Waals surface area contributed by atoms with Gasteiger partial charge in [0.25, 0.3) is 0 Å². The highest BCUT2D eigenvalue weighted by Crippen LogP contribution is 2.12. The van der Waals surface area contributed by atoms with Gasteiger partial charge in [-0.1, -0.05) is 6.92 Å². The Labute approximate surface area is 116 Å². The summed E-state index contributed by atoms with van der Waals surface area (Å²) in [5.41, 5.74) is 5.58. The molecule has 0 saturated heterocycles. The van der Waals surface area contributed by atoms with Gasteiger partial charge in [-0.15, -0.1) is 0 Å². The molecule has 0 aromatic rings. The van der Waals surface area contributed by atoms with Crippen molar-refractivity contribution in [2.24, 2.45) is 5.73 Å².